The average Bonchev–Trinajstić information content (AvgIpc) is 3.19. The van der Waals surface area contributed by atoms with Crippen LogP contribution in [0.2, 0.25) is 0 Å². The highest BCUT2D eigenvalue weighted by Gasteiger charge is 2.19. The van der Waals surface area contributed by atoms with Crippen molar-refractivity contribution in [2.24, 2.45) is 0 Å². The van der Waals surface area contributed by atoms with Gasteiger partial charge in [-0.05, 0) is 63.0 Å². The normalized spacial score (nSPS) is 14.0. The van der Waals surface area contributed by atoms with Gasteiger partial charge < -0.3 is 30.0 Å². The summed E-state index contributed by atoms with van der Waals surface area (Å²) in [6.07, 6.45) is 1.82. The van der Waals surface area contributed by atoms with E-state index in [1.807, 2.05) is 44.4 Å². The Morgan fingerprint density at radius 2 is 1.84 bits per heavy atom. The zero-order chi connectivity index (χ0) is 30.6. The monoisotopic (exact) mass is 609 g/mol. The van der Waals surface area contributed by atoms with Gasteiger partial charge in [-0.1, -0.05) is 30.3 Å². The largest absolute Gasteiger partial charge is 0.454 e. The smallest absolute Gasteiger partial charge is 0.431 e. The van der Waals surface area contributed by atoms with Crippen LogP contribution in [0, 0.1) is 5.82 Å². The number of hydrogen-bond donors (Lipinski definition) is 3. The lowest BCUT2D eigenvalue weighted by molar-refractivity contribution is -0.119. The Balaban J connectivity index is 1.25. The summed E-state index contributed by atoms with van der Waals surface area (Å²) in [7, 11) is 4.09. The zero-order valence-corrected chi connectivity index (χ0v) is 25.0. The molecule has 0 radical (unpaired) electrons. The Bertz CT molecular complexity index is 1400. The molecule has 1 aliphatic rings. The van der Waals surface area contributed by atoms with Gasteiger partial charge in [-0.2, -0.15) is 0 Å². The number of nitrogens with zero attached hydrogens (tertiary/aromatic N) is 4. The number of nitrogens with one attached hydrogen (secondary N) is 3. The van der Waals surface area contributed by atoms with Crippen LogP contribution in [0.25, 0.3) is 0 Å². The summed E-state index contributed by atoms with van der Waals surface area (Å²) in [6, 6.07) is 16.4. The molecule has 3 aromatic rings. The van der Waals surface area contributed by atoms with E-state index in [1.54, 1.807) is 11.1 Å². The second-order valence-corrected chi connectivity index (χ2v) is 10.6. The fourth-order valence-corrected chi connectivity index (χ4v) is 4.53. The number of ether oxygens (including phenoxy) is 1. The Hall–Kier alpha value is -4.17. The second-order valence-electron chi connectivity index (χ2n) is 10.2. The molecule has 0 spiro atoms. The minimum absolute atomic E-state index is 0.0484. The van der Waals surface area contributed by atoms with Crippen LogP contribution in [0.1, 0.15) is 12.0 Å². The molecule has 0 aliphatic carbocycles. The molecule has 1 saturated heterocycles. The first-order chi connectivity index (χ1) is 20.7. The van der Waals surface area contributed by atoms with Crippen molar-refractivity contribution in [3.8, 4) is 11.5 Å². The van der Waals surface area contributed by atoms with Crippen molar-refractivity contribution < 1.29 is 23.6 Å². The number of carbonyl (C=O) groups excluding carboxylic acids is 2. The van der Waals surface area contributed by atoms with Crippen molar-refractivity contribution in [3.05, 3.63) is 78.2 Å². The SMILES string of the molecule is CN(C)CCN1CCCN(OC(=O)Nc2cc(Oc3ccc(NC(=S)NC(=O)Cc4ccccc4)cc3F)ccn2)CC1. The van der Waals surface area contributed by atoms with Crippen LogP contribution in [-0.2, 0) is 16.1 Å². The van der Waals surface area contributed by atoms with Crippen LogP contribution in [0.3, 0.4) is 0 Å². The molecule has 0 bridgehead atoms. The molecule has 4 rings (SSSR count). The summed E-state index contributed by atoms with van der Waals surface area (Å²) in [5.41, 5.74) is 1.19. The minimum atomic E-state index is -0.667. The van der Waals surface area contributed by atoms with Gasteiger partial charge in [0.2, 0.25) is 5.91 Å². The average molecular weight is 610 g/mol. The fourth-order valence-electron chi connectivity index (χ4n) is 4.29. The summed E-state index contributed by atoms with van der Waals surface area (Å²) in [6.45, 7) is 4.92. The number of pyridine rings is 1. The molecule has 1 aromatic heterocycles. The molecule has 3 N–H and O–H groups in total. The van der Waals surface area contributed by atoms with Gasteiger partial charge in [0.1, 0.15) is 11.6 Å². The first-order valence-corrected chi connectivity index (χ1v) is 14.3. The lowest BCUT2D eigenvalue weighted by Gasteiger charge is -2.22. The number of anilines is 2. The highest BCUT2D eigenvalue weighted by atomic mass is 32.1. The van der Waals surface area contributed by atoms with Gasteiger partial charge in [-0.15, -0.1) is 5.06 Å². The van der Waals surface area contributed by atoms with E-state index >= 15 is 0 Å². The molecule has 11 nitrogen and oxygen atoms in total. The highest BCUT2D eigenvalue weighted by Crippen LogP contribution is 2.27. The molecule has 13 heteroatoms. The standard InChI is InChI=1S/C30H36FN7O4S/c1-36(2)15-16-37-13-6-14-38(18-17-37)42-30(40)34-27-21-24(11-12-32-27)41-26-10-9-23(20-25(26)31)33-29(43)35-28(39)19-22-7-4-3-5-8-22/h3-5,7-12,20-21H,6,13-19H2,1-2H3,(H,32,34,40)(H2,33,35,39,43). The van der Waals surface area contributed by atoms with Crippen LogP contribution in [0.4, 0.5) is 20.7 Å². The third kappa shape index (κ3) is 10.9. The summed E-state index contributed by atoms with van der Waals surface area (Å²) < 4.78 is 20.5. The van der Waals surface area contributed by atoms with Gasteiger partial charge in [0, 0.05) is 56.7 Å². The van der Waals surface area contributed by atoms with E-state index in [9.17, 15) is 14.0 Å². The molecular formula is C30H36FN7O4S. The van der Waals surface area contributed by atoms with Gasteiger partial charge >= 0.3 is 6.09 Å². The van der Waals surface area contributed by atoms with Crippen molar-refractivity contribution >= 4 is 40.8 Å². The number of aromatic nitrogens is 1. The summed E-state index contributed by atoms with van der Waals surface area (Å²) >= 11 is 5.19. The van der Waals surface area contributed by atoms with Gasteiger partial charge in [-0.25, -0.2) is 14.2 Å². The van der Waals surface area contributed by atoms with E-state index in [0.29, 0.717) is 18.8 Å². The summed E-state index contributed by atoms with van der Waals surface area (Å²) in [5, 5.41) is 9.67. The molecule has 0 saturated carbocycles. The topological polar surface area (TPSA) is 111 Å². The molecule has 1 fully saturated rings. The molecular weight excluding hydrogens is 573 g/mol. The molecule has 2 amide bonds. The number of hydrogen-bond acceptors (Lipinski definition) is 9. The number of thiocarbonyl (C=S) groups is 1. The van der Waals surface area contributed by atoms with Crippen LogP contribution in [-0.4, -0.2) is 90.3 Å². The number of amides is 2. The van der Waals surface area contributed by atoms with Crippen LogP contribution in [0.15, 0.2) is 66.9 Å². The number of hydroxylamine groups is 2. The second kappa shape index (κ2) is 15.9. The number of rotatable bonds is 10. The van der Waals surface area contributed by atoms with Crippen molar-refractivity contribution in [2.75, 3.05) is 64.0 Å². The van der Waals surface area contributed by atoms with E-state index in [-0.39, 0.29) is 34.8 Å². The molecule has 2 aromatic carbocycles. The maximum Gasteiger partial charge on any atom is 0.431 e. The predicted octanol–water partition coefficient (Wildman–Crippen LogP) is 4.10. The van der Waals surface area contributed by atoms with Crippen molar-refractivity contribution in [1.29, 1.82) is 0 Å². The van der Waals surface area contributed by atoms with Gasteiger partial charge in [-0.3, -0.25) is 10.1 Å². The lowest BCUT2D eigenvalue weighted by atomic mass is 10.1. The quantitative estimate of drug-likeness (QED) is 0.291. The van der Waals surface area contributed by atoms with Crippen molar-refractivity contribution in [3.63, 3.8) is 0 Å². The maximum atomic E-state index is 14.8. The van der Waals surface area contributed by atoms with Crippen molar-refractivity contribution in [2.45, 2.75) is 12.8 Å². The Morgan fingerprint density at radius 3 is 2.60 bits per heavy atom. The molecule has 0 unspecified atom stereocenters. The fraction of sp³-hybridized carbons (Fsp3) is 0.333. The van der Waals surface area contributed by atoms with Crippen LogP contribution >= 0.6 is 12.2 Å². The number of halogens is 1. The Labute approximate surface area is 255 Å². The highest BCUT2D eigenvalue weighted by molar-refractivity contribution is 7.80. The van der Waals surface area contributed by atoms with Gasteiger partial charge in [0.25, 0.3) is 0 Å². The van der Waals surface area contributed by atoms with Crippen LogP contribution < -0.4 is 20.7 Å². The lowest BCUT2D eigenvalue weighted by Crippen LogP contribution is -2.36. The Kier molecular flexibility index (Phi) is 11.7. The molecule has 228 valence electrons. The van der Waals surface area contributed by atoms with E-state index in [1.165, 1.54) is 30.5 Å². The molecule has 43 heavy (non-hydrogen) atoms. The van der Waals surface area contributed by atoms with Crippen LogP contribution in [0.5, 0.6) is 11.5 Å². The molecule has 2 heterocycles. The maximum absolute atomic E-state index is 14.8. The number of likely N-dealkylation sites (N-methyl/N-ethyl adjacent to an activating group) is 1. The summed E-state index contributed by atoms with van der Waals surface area (Å²) in [5.74, 6) is -0.536. The Morgan fingerprint density at radius 1 is 1.02 bits per heavy atom. The zero-order valence-electron chi connectivity index (χ0n) is 24.2. The molecule has 1 aliphatic heterocycles. The number of benzene rings is 2. The first kappa shape index (κ1) is 31.8. The third-order valence-corrected chi connectivity index (χ3v) is 6.67. The van der Waals surface area contributed by atoms with Gasteiger partial charge in [0.15, 0.2) is 16.7 Å². The van der Waals surface area contributed by atoms with E-state index in [4.69, 9.17) is 21.8 Å². The predicted molar refractivity (Wildman–Crippen MR) is 167 cm³/mol. The molecule has 0 atom stereocenters. The summed E-state index contributed by atoms with van der Waals surface area (Å²) in [4.78, 5) is 38.8. The third-order valence-electron chi connectivity index (χ3n) is 6.46. The van der Waals surface area contributed by atoms with Crippen molar-refractivity contribution in [1.82, 2.24) is 25.2 Å². The number of carbonyl (C=O) groups is 2. The first-order valence-electron chi connectivity index (χ1n) is 13.9. The van der Waals surface area contributed by atoms with E-state index < -0.39 is 11.9 Å². The van der Waals surface area contributed by atoms with E-state index in [2.05, 4.69) is 30.7 Å². The van der Waals surface area contributed by atoms with Gasteiger partial charge in [0.05, 0.1) is 6.42 Å². The minimum Gasteiger partial charge on any atom is -0.454 e. The van der Waals surface area contributed by atoms with E-state index in [0.717, 1.165) is 38.2 Å².